The molecule has 0 aromatic rings. The second-order valence-electron chi connectivity index (χ2n) is 5.08. The lowest BCUT2D eigenvalue weighted by atomic mass is 9.83. The molecule has 0 bridgehead atoms. The third-order valence-corrected chi connectivity index (χ3v) is 2.88. The lowest BCUT2D eigenvalue weighted by Gasteiger charge is -2.46. The number of nitrogens with one attached hydrogen (secondary N) is 1. The van der Waals surface area contributed by atoms with E-state index in [0.717, 1.165) is 13.2 Å². The van der Waals surface area contributed by atoms with E-state index in [4.69, 9.17) is 4.74 Å². The maximum absolute atomic E-state index is 5.83. The first-order chi connectivity index (χ1) is 5.35. The molecule has 0 spiro atoms. The average molecular weight is 208 g/mol. The molecule has 2 nitrogen and oxygen atoms in total. The van der Waals surface area contributed by atoms with Crippen LogP contribution >= 0.6 is 12.4 Å². The highest BCUT2D eigenvalue weighted by atomic mass is 35.5. The largest absolute Gasteiger partial charge is 0.360 e. The van der Waals surface area contributed by atoms with E-state index < -0.39 is 0 Å². The van der Waals surface area contributed by atoms with Crippen LogP contribution in [-0.4, -0.2) is 18.9 Å². The third kappa shape index (κ3) is 2.83. The van der Waals surface area contributed by atoms with Gasteiger partial charge in [0.25, 0.3) is 0 Å². The summed E-state index contributed by atoms with van der Waals surface area (Å²) in [5, 5.41) is 3.46. The SMILES string of the molecule is CC1CNC(C)(C(C)(C)C)OC1.Cl. The van der Waals surface area contributed by atoms with E-state index in [1.54, 1.807) is 0 Å². The van der Waals surface area contributed by atoms with Crippen LogP contribution in [-0.2, 0) is 4.74 Å². The smallest absolute Gasteiger partial charge is 0.121 e. The first-order valence-electron chi connectivity index (χ1n) is 4.74. The highest BCUT2D eigenvalue weighted by Gasteiger charge is 2.40. The van der Waals surface area contributed by atoms with Crippen LogP contribution in [0.3, 0.4) is 0 Å². The predicted octanol–water partition coefficient (Wildman–Crippen LogP) is 2.43. The molecule has 1 fully saturated rings. The summed E-state index contributed by atoms with van der Waals surface area (Å²) in [7, 11) is 0. The zero-order chi connectivity index (χ0) is 9.41. The minimum Gasteiger partial charge on any atom is -0.360 e. The third-order valence-electron chi connectivity index (χ3n) is 2.88. The molecular formula is C10H22ClNO. The molecule has 1 rings (SSSR count). The minimum absolute atomic E-state index is 0. The van der Waals surface area contributed by atoms with Gasteiger partial charge < -0.3 is 4.74 Å². The Morgan fingerprint density at radius 3 is 2.23 bits per heavy atom. The van der Waals surface area contributed by atoms with Crippen molar-refractivity contribution in [3.63, 3.8) is 0 Å². The van der Waals surface area contributed by atoms with Crippen molar-refractivity contribution < 1.29 is 4.74 Å². The van der Waals surface area contributed by atoms with Crippen LogP contribution in [0.2, 0.25) is 0 Å². The summed E-state index contributed by atoms with van der Waals surface area (Å²) in [5.74, 6) is 0.639. The number of rotatable bonds is 0. The quantitative estimate of drug-likeness (QED) is 0.659. The Balaban J connectivity index is 0.00000144. The topological polar surface area (TPSA) is 21.3 Å². The fraction of sp³-hybridized carbons (Fsp3) is 1.00. The summed E-state index contributed by atoms with van der Waals surface area (Å²) < 4.78 is 5.83. The Morgan fingerprint density at radius 1 is 1.38 bits per heavy atom. The van der Waals surface area contributed by atoms with Crippen LogP contribution in [0.15, 0.2) is 0 Å². The van der Waals surface area contributed by atoms with E-state index in [0.29, 0.717) is 5.92 Å². The highest BCUT2D eigenvalue weighted by Crippen LogP contribution is 2.33. The van der Waals surface area contributed by atoms with Crippen LogP contribution in [0.1, 0.15) is 34.6 Å². The van der Waals surface area contributed by atoms with Gasteiger partial charge in [-0.3, -0.25) is 5.32 Å². The lowest BCUT2D eigenvalue weighted by Crippen LogP contribution is -2.59. The van der Waals surface area contributed by atoms with Gasteiger partial charge in [-0.15, -0.1) is 12.4 Å². The first kappa shape index (κ1) is 13.2. The monoisotopic (exact) mass is 207 g/mol. The zero-order valence-electron chi connectivity index (χ0n) is 9.31. The van der Waals surface area contributed by atoms with Crippen molar-refractivity contribution in [1.82, 2.24) is 5.32 Å². The van der Waals surface area contributed by atoms with Gasteiger partial charge in [-0.05, 0) is 12.8 Å². The summed E-state index contributed by atoms with van der Waals surface area (Å²) in [6.07, 6.45) is 0. The average Bonchev–Trinajstić information content (AvgIpc) is 1.93. The number of hydrogen-bond donors (Lipinski definition) is 1. The van der Waals surface area contributed by atoms with E-state index in [1.165, 1.54) is 0 Å². The minimum atomic E-state index is -0.153. The fourth-order valence-corrected chi connectivity index (χ4v) is 1.27. The number of ether oxygens (including phenoxy) is 1. The molecule has 2 unspecified atom stereocenters. The van der Waals surface area contributed by atoms with Crippen molar-refractivity contribution in [2.24, 2.45) is 11.3 Å². The number of hydrogen-bond acceptors (Lipinski definition) is 2. The molecule has 1 N–H and O–H groups in total. The fourth-order valence-electron chi connectivity index (χ4n) is 1.27. The van der Waals surface area contributed by atoms with E-state index in [2.05, 4.69) is 39.9 Å². The summed E-state index contributed by atoms with van der Waals surface area (Å²) in [6, 6.07) is 0. The Labute approximate surface area is 87.8 Å². The number of halogens is 1. The molecule has 80 valence electrons. The van der Waals surface area contributed by atoms with Crippen LogP contribution in [0.4, 0.5) is 0 Å². The van der Waals surface area contributed by atoms with Crippen molar-refractivity contribution in [3.8, 4) is 0 Å². The molecular weight excluding hydrogens is 186 g/mol. The molecule has 2 atom stereocenters. The van der Waals surface area contributed by atoms with Gasteiger partial charge in [0.1, 0.15) is 5.72 Å². The molecule has 0 aliphatic carbocycles. The Hall–Kier alpha value is 0.210. The van der Waals surface area contributed by atoms with Gasteiger partial charge in [-0.2, -0.15) is 0 Å². The predicted molar refractivity (Wildman–Crippen MR) is 58.2 cm³/mol. The normalized spacial score (nSPS) is 35.3. The summed E-state index contributed by atoms with van der Waals surface area (Å²) in [5.41, 5.74) is 0.00660. The molecule has 0 aromatic heterocycles. The van der Waals surface area contributed by atoms with Crippen molar-refractivity contribution in [2.75, 3.05) is 13.2 Å². The molecule has 1 aliphatic heterocycles. The van der Waals surface area contributed by atoms with E-state index in [-0.39, 0.29) is 23.5 Å². The molecule has 3 heteroatoms. The highest BCUT2D eigenvalue weighted by molar-refractivity contribution is 5.85. The Kier molecular flexibility index (Phi) is 4.23. The Bertz CT molecular complexity index is 157. The van der Waals surface area contributed by atoms with Crippen LogP contribution in [0.5, 0.6) is 0 Å². The maximum atomic E-state index is 5.83. The Morgan fingerprint density at radius 2 is 1.92 bits per heavy atom. The van der Waals surface area contributed by atoms with E-state index in [1.807, 2.05) is 0 Å². The molecule has 13 heavy (non-hydrogen) atoms. The molecule has 0 radical (unpaired) electrons. The molecule has 0 saturated carbocycles. The molecule has 0 aromatic carbocycles. The van der Waals surface area contributed by atoms with E-state index >= 15 is 0 Å². The van der Waals surface area contributed by atoms with Crippen LogP contribution < -0.4 is 5.32 Å². The van der Waals surface area contributed by atoms with Crippen LogP contribution in [0.25, 0.3) is 0 Å². The van der Waals surface area contributed by atoms with Gasteiger partial charge in [0.15, 0.2) is 0 Å². The van der Waals surface area contributed by atoms with E-state index in [9.17, 15) is 0 Å². The van der Waals surface area contributed by atoms with Gasteiger partial charge in [-0.25, -0.2) is 0 Å². The zero-order valence-corrected chi connectivity index (χ0v) is 10.1. The van der Waals surface area contributed by atoms with Crippen LogP contribution in [0, 0.1) is 11.3 Å². The van der Waals surface area contributed by atoms with Gasteiger partial charge in [0.2, 0.25) is 0 Å². The second kappa shape index (κ2) is 4.16. The molecule has 1 saturated heterocycles. The van der Waals surface area contributed by atoms with Crippen molar-refractivity contribution in [3.05, 3.63) is 0 Å². The van der Waals surface area contributed by atoms with Gasteiger partial charge in [-0.1, -0.05) is 27.7 Å². The molecule has 1 aliphatic rings. The van der Waals surface area contributed by atoms with Gasteiger partial charge in [0, 0.05) is 12.0 Å². The van der Waals surface area contributed by atoms with Gasteiger partial charge >= 0.3 is 0 Å². The standard InChI is InChI=1S/C10H21NO.ClH/c1-8-6-11-10(5,12-7-8)9(2,3)4;/h8,11H,6-7H2,1-5H3;1H. The van der Waals surface area contributed by atoms with Crippen molar-refractivity contribution >= 4 is 12.4 Å². The summed E-state index contributed by atoms with van der Waals surface area (Å²) >= 11 is 0. The van der Waals surface area contributed by atoms with Crippen molar-refractivity contribution in [1.29, 1.82) is 0 Å². The molecule has 1 heterocycles. The maximum Gasteiger partial charge on any atom is 0.121 e. The summed E-state index contributed by atoms with van der Waals surface area (Å²) in [6.45, 7) is 12.9. The molecule has 0 amide bonds. The lowest BCUT2D eigenvalue weighted by molar-refractivity contribution is -0.160. The van der Waals surface area contributed by atoms with Crippen molar-refractivity contribution in [2.45, 2.75) is 40.3 Å². The second-order valence-corrected chi connectivity index (χ2v) is 5.08. The first-order valence-corrected chi connectivity index (χ1v) is 4.74. The summed E-state index contributed by atoms with van der Waals surface area (Å²) in [4.78, 5) is 0. The van der Waals surface area contributed by atoms with Gasteiger partial charge in [0.05, 0.1) is 6.61 Å².